The molecule has 0 saturated heterocycles. The maximum Gasteiger partial charge on any atom is 0.212 e. The van der Waals surface area contributed by atoms with Crippen LogP contribution in [0.4, 0.5) is 4.39 Å². The van der Waals surface area contributed by atoms with Gasteiger partial charge in [-0.3, -0.25) is 0 Å². The van der Waals surface area contributed by atoms with Gasteiger partial charge in [-0.2, -0.15) is 5.26 Å². The van der Waals surface area contributed by atoms with Crippen LogP contribution < -0.4 is 4.72 Å². The molecule has 2 rings (SSSR count). The Morgan fingerprint density at radius 2 is 1.91 bits per heavy atom. The van der Waals surface area contributed by atoms with Gasteiger partial charge in [-0.05, 0) is 29.7 Å². The quantitative estimate of drug-likeness (QED) is 0.884. The number of nitriles is 1. The van der Waals surface area contributed by atoms with Gasteiger partial charge in [-0.15, -0.1) is 0 Å². The monoisotopic (exact) mass is 332 g/mol. The molecule has 0 fully saturated rings. The predicted molar refractivity (Wildman–Crippen MR) is 86.6 cm³/mol. The smallest absolute Gasteiger partial charge is 0.212 e. The second-order valence-corrected chi connectivity index (χ2v) is 7.18. The molecule has 0 aliphatic carbocycles. The van der Waals surface area contributed by atoms with Crippen LogP contribution in [0.1, 0.15) is 29.5 Å². The molecule has 1 atom stereocenters. The van der Waals surface area contributed by atoms with Crippen LogP contribution in [-0.4, -0.2) is 14.2 Å². The van der Waals surface area contributed by atoms with E-state index in [-0.39, 0.29) is 23.8 Å². The number of nitrogens with zero attached hydrogens (tertiary/aromatic N) is 1. The SMILES string of the molecule is C[C@H](CS(=O)(=O)NCc1cc(C#N)ccc1F)c1ccccc1. The van der Waals surface area contributed by atoms with Gasteiger partial charge in [0.15, 0.2) is 0 Å². The molecule has 0 aromatic heterocycles. The van der Waals surface area contributed by atoms with Gasteiger partial charge in [0.05, 0.1) is 17.4 Å². The van der Waals surface area contributed by atoms with Crippen molar-refractivity contribution in [1.29, 1.82) is 5.26 Å². The lowest BCUT2D eigenvalue weighted by Gasteiger charge is -2.13. The maximum atomic E-state index is 13.7. The summed E-state index contributed by atoms with van der Waals surface area (Å²) in [7, 11) is -3.56. The van der Waals surface area contributed by atoms with Crippen molar-refractivity contribution in [2.24, 2.45) is 0 Å². The van der Waals surface area contributed by atoms with Crippen LogP contribution >= 0.6 is 0 Å². The Kier molecular flexibility index (Phi) is 5.48. The van der Waals surface area contributed by atoms with E-state index in [1.807, 2.05) is 43.3 Å². The lowest BCUT2D eigenvalue weighted by Crippen LogP contribution is -2.28. The Hall–Kier alpha value is -2.23. The van der Waals surface area contributed by atoms with E-state index in [0.717, 1.165) is 11.6 Å². The van der Waals surface area contributed by atoms with Crippen molar-refractivity contribution in [2.45, 2.75) is 19.4 Å². The van der Waals surface area contributed by atoms with Gasteiger partial charge < -0.3 is 0 Å². The van der Waals surface area contributed by atoms with Crippen molar-refractivity contribution in [1.82, 2.24) is 4.72 Å². The first-order valence-corrected chi connectivity index (χ1v) is 8.77. The lowest BCUT2D eigenvalue weighted by atomic mass is 10.0. The van der Waals surface area contributed by atoms with Gasteiger partial charge in [0.2, 0.25) is 10.0 Å². The van der Waals surface area contributed by atoms with Crippen LogP contribution in [0.15, 0.2) is 48.5 Å². The van der Waals surface area contributed by atoms with Gasteiger partial charge >= 0.3 is 0 Å². The van der Waals surface area contributed by atoms with E-state index >= 15 is 0 Å². The summed E-state index contributed by atoms with van der Waals surface area (Å²) in [5.74, 6) is -0.803. The van der Waals surface area contributed by atoms with E-state index in [1.54, 1.807) is 0 Å². The molecule has 0 amide bonds. The van der Waals surface area contributed by atoms with Crippen molar-refractivity contribution in [3.05, 3.63) is 71.0 Å². The molecule has 0 saturated carbocycles. The van der Waals surface area contributed by atoms with Gasteiger partial charge in [0.1, 0.15) is 5.82 Å². The summed E-state index contributed by atoms with van der Waals surface area (Å²) < 4.78 is 40.4. The molecule has 2 aromatic rings. The number of rotatable bonds is 6. The number of nitrogens with one attached hydrogen (secondary N) is 1. The first-order valence-electron chi connectivity index (χ1n) is 7.12. The molecule has 1 N–H and O–H groups in total. The largest absolute Gasteiger partial charge is 0.212 e. The van der Waals surface area contributed by atoms with Crippen molar-refractivity contribution in [3.63, 3.8) is 0 Å². The van der Waals surface area contributed by atoms with Crippen LogP contribution in [0.3, 0.4) is 0 Å². The Labute approximate surface area is 135 Å². The number of sulfonamides is 1. The van der Waals surface area contributed by atoms with Crippen molar-refractivity contribution in [3.8, 4) is 6.07 Å². The highest BCUT2D eigenvalue weighted by atomic mass is 32.2. The normalized spacial score (nSPS) is 12.6. The fraction of sp³-hybridized carbons (Fsp3) is 0.235. The molecule has 6 heteroatoms. The first-order chi connectivity index (χ1) is 10.9. The Morgan fingerprint density at radius 3 is 2.57 bits per heavy atom. The van der Waals surface area contributed by atoms with Crippen molar-refractivity contribution in [2.75, 3.05) is 5.75 Å². The number of halogens is 1. The molecule has 0 aliphatic heterocycles. The lowest BCUT2D eigenvalue weighted by molar-refractivity contribution is 0.569. The molecule has 4 nitrogen and oxygen atoms in total. The fourth-order valence-corrected chi connectivity index (χ4v) is 3.58. The maximum absolute atomic E-state index is 13.7. The average molecular weight is 332 g/mol. The molecule has 0 spiro atoms. The highest BCUT2D eigenvalue weighted by Crippen LogP contribution is 2.17. The summed E-state index contributed by atoms with van der Waals surface area (Å²) in [6, 6.07) is 15.1. The zero-order valence-corrected chi connectivity index (χ0v) is 13.5. The predicted octanol–water partition coefficient (Wildman–Crippen LogP) is 2.92. The third-order valence-corrected chi connectivity index (χ3v) is 5.02. The molecule has 0 radical (unpaired) electrons. The second-order valence-electron chi connectivity index (χ2n) is 5.33. The molecule has 0 heterocycles. The van der Waals surface area contributed by atoms with E-state index in [0.29, 0.717) is 5.56 Å². The molecule has 120 valence electrons. The standard InChI is InChI=1S/C17H17FN2O2S/c1-13(15-5-3-2-4-6-15)12-23(21,22)20-11-16-9-14(10-19)7-8-17(16)18/h2-9,13,20H,11-12H2,1H3/t13-/m1/s1. The number of hydrogen-bond donors (Lipinski definition) is 1. The minimum absolute atomic E-state index is 0.0867. The molecule has 23 heavy (non-hydrogen) atoms. The second kappa shape index (κ2) is 7.36. The van der Waals surface area contributed by atoms with Crippen LogP contribution in [-0.2, 0) is 16.6 Å². The summed E-state index contributed by atoms with van der Waals surface area (Å²) in [6.07, 6.45) is 0. The zero-order chi connectivity index (χ0) is 16.9. The third kappa shape index (κ3) is 4.88. The van der Waals surface area contributed by atoms with Gasteiger partial charge in [0.25, 0.3) is 0 Å². The van der Waals surface area contributed by atoms with Crippen LogP contribution in [0.25, 0.3) is 0 Å². The third-order valence-electron chi connectivity index (χ3n) is 3.50. The van der Waals surface area contributed by atoms with Gasteiger partial charge in [0, 0.05) is 12.1 Å². The summed E-state index contributed by atoms with van der Waals surface area (Å²) in [6.45, 7) is 1.65. The highest BCUT2D eigenvalue weighted by molar-refractivity contribution is 7.89. The van der Waals surface area contributed by atoms with Gasteiger partial charge in [-0.25, -0.2) is 17.5 Å². The van der Waals surface area contributed by atoms with E-state index in [4.69, 9.17) is 5.26 Å². The summed E-state index contributed by atoms with van der Waals surface area (Å²) in [5, 5.41) is 8.81. The fourth-order valence-electron chi connectivity index (χ4n) is 2.23. The Morgan fingerprint density at radius 1 is 1.22 bits per heavy atom. The number of hydrogen-bond acceptors (Lipinski definition) is 3. The van der Waals surface area contributed by atoms with E-state index in [2.05, 4.69) is 4.72 Å². The first kappa shape index (κ1) is 17.1. The minimum atomic E-state index is -3.56. The van der Waals surface area contributed by atoms with E-state index < -0.39 is 15.8 Å². The molecule has 0 bridgehead atoms. The van der Waals surface area contributed by atoms with Crippen molar-refractivity contribution < 1.29 is 12.8 Å². The highest BCUT2D eigenvalue weighted by Gasteiger charge is 2.17. The summed E-state index contributed by atoms with van der Waals surface area (Å²) in [5.41, 5.74) is 1.37. The topological polar surface area (TPSA) is 70.0 Å². The molecular formula is C17H17FN2O2S. The average Bonchev–Trinajstić information content (AvgIpc) is 2.54. The van der Waals surface area contributed by atoms with Crippen molar-refractivity contribution >= 4 is 10.0 Å². The summed E-state index contributed by atoms with van der Waals surface area (Å²) >= 11 is 0. The zero-order valence-electron chi connectivity index (χ0n) is 12.7. The Balaban J connectivity index is 2.03. The van der Waals surface area contributed by atoms with Crippen LogP contribution in [0.2, 0.25) is 0 Å². The molecule has 0 aliphatic rings. The molecule has 0 unspecified atom stereocenters. The number of benzene rings is 2. The van der Waals surface area contributed by atoms with Crippen LogP contribution in [0.5, 0.6) is 0 Å². The van der Waals surface area contributed by atoms with Crippen LogP contribution in [0, 0.1) is 17.1 Å². The summed E-state index contributed by atoms with van der Waals surface area (Å²) in [4.78, 5) is 0. The van der Waals surface area contributed by atoms with E-state index in [1.165, 1.54) is 12.1 Å². The van der Waals surface area contributed by atoms with E-state index in [9.17, 15) is 12.8 Å². The minimum Gasteiger partial charge on any atom is -0.212 e. The van der Waals surface area contributed by atoms with Gasteiger partial charge in [-0.1, -0.05) is 37.3 Å². The Bertz CT molecular complexity index is 814. The molecular weight excluding hydrogens is 315 g/mol. The molecule has 2 aromatic carbocycles.